The zero-order valence-electron chi connectivity index (χ0n) is 14.3. The molecule has 0 fully saturated rings. The summed E-state index contributed by atoms with van der Waals surface area (Å²) in [5, 5.41) is 3.57. The van der Waals surface area contributed by atoms with E-state index >= 15 is 0 Å². The van der Waals surface area contributed by atoms with Crippen LogP contribution in [-0.4, -0.2) is 26.2 Å². The van der Waals surface area contributed by atoms with Crippen molar-refractivity contribution in [2.45, 2.75) is 53.4 Å². The fourth-order valence-electron chi connectivity index (χ4n) is 3.68. The van der Waals surface area contributed by atoms with Crippen molar-refractivity contribution < 1.29 is 0 Å². The minimum Gasteiger partial charge on any atom is -0.371 e. The third kappa shape index (κ3) is 4.23. The first-order valence-electron chi connectivity index (χ1n) is 8.63. The van der Waals surface area contributed by atoms with Gasteiger partial charge in [-0.15, -0.1) is 0 Å². The summed E-state index contributed by atoms with van der Waals surface area (Å²) >= 11 is 0. The van der Waals surface area contributed by atoms with E-state index in [2.05, 4.69) is 56.1 Å². The molecule has 21 heavy (non-hydrogen) atoms. The van der Waals surface area contributed by atoms with Gasteiger partial charge in [0.1, 0.15) is 0 Å². The summed E-state index contributed by atoms with van der Waals surface area (Å²) in [5.41, 5.74) is 4.78. The normalized spacial score (nSPS) is 17.4. The molecule has 1 aliphatic rings. The van der Waals surface area contributed by atoms with Crippen LogP contribution < -0.4 is 10.2 Å². The van der Waals surface area contributed by atoms with Gasteiger partial charge in [0.05, 0.1) is 0 Å². The van der Waals surface area contributed by atoms with Crippen molar-refractivity contribution in [2.24, 2.45) is 5.41 Å². The molecule has 0 saturated heterocycles. The van der Waals surface area contributed by atoms with Crippen LogP contribution in [0.5, 0.6) is 0 Å². The van der Waals surface area contributed by atoms with Crippen LogP contribution in [0.4, 0.5) is 5.69 Å². The molecule has 2 nitrogen and oxygen atoms in total. The summed E-state index contributed by atoms with van der Waals surface area (Å²) < 4.78 is 0. The third-order valence-electron chi connectivity index (χ3n) is 4.68. The smallest absolute Gasteiger partial charge is 0.0399 e. The third-order valence-corrected chi connectivity index (χ3v) is 4.68. The molecular formula is C19H32N2. The maximum atomic E-state index is 3.57. The van der Waals surface area contributed by atoms with Gasteiger partial charge in [0.2, 0.25) is 0 Å². The molecule has 0 bridgehead atoms. The second kappa shape index (κ2) is 7.31. The van der Waals surface area contributed by atoms with Gasteiger partial charge in [0.25, 0.3) is 0 Å². The van der Waals surface area contributed by atoms with Gasteiger partial charge in [-0.05, 0) is 49.8 Å². The number of rotatable bonds is 7. The van der Waals surface area contributed by atoms with Gasteiger partial charge in [0.15, 0.2) is 0 Å². The van der Waals surface area contributed by atoms with Gasteiger partial charge in [0, 0.05) is 25.3 Å². The van der Waals surface area contributed by atoms with E-state index in [1.54, 1.807) is 5.56 Å². The van der Waals surface area contributed by atoms with E-state index in [0.717, 1.165) is 13.1 Å². The number of anilines is 1. The number of fused-ring (bicyclic) bond motifs is 1. The van der Waals surface area contributed by atoms with Crippen LogP contribution in [0.3, 0.4) is 0 Å². The molecule has 1 heterocycles. The maximum Gasteiger partial charge on any atom is 0.0399 e. The molecule has 118 valence electrons. The van der Waals surface area contributed by atoms with Crippen LogP contribution in [0.2, 0.25) is 0 Å². The van der Waals surface area contributed by atoms with Crippen LogP contribution in [-0.2, 0) is 6.42 Å². The van der Waals surface area contributed by atoms with E-state index < -0.39 is 0 Å². The fourth-order valence-corrected chi connectivity index (χ4v) is 3.68. The molecule has 0 saturated carbocycles. The van der Waals surface area contributed by atoms with Crippen molar-refractivity contribution in [3.05, 3.63) is 29.3 Å². The first-order chi connectivity index (χ1) is 10.1. The highest BCUT2D eigenvalue weighted by Gasteiger charge is 2.28. The fraction of sp³-hybridized carbons (Fsp3) is 0.684. The molecule has 1 unspecified atom stereocenters. The van der Waals surface area contributed by atoms with E-state index in [9.17, 15) is 0 Å². The highest BCUT2D eigenvalue weighted by atomic mass is 15.1. The lowest BCUT2D eigenvalue weighted by atomic mass is 9.83. The van der Waals surface area contributed by atoms with Gasteiger partial charge >= 0.3 is 0 Å². The summed E-state index contributed by atoms with van der Waals surface area (Å²) in [6, 6.07) is 6.98. The lowest BCUT2D eigenvalue weighted by Crippen LogP contribution is -2.44. The van der Waals surface area contributed by atoms with Crippen LogP contribution in [0.15, 0.2) is 18.2 Å². The van der Waals surface area contributed by atoms with Crippen LogP contribution >= 0.6 is 0 Å². The highest BCUT2D eigenvalue weighted by molar-refractivity contribution is 5.56. The average Bonchev–Trinajstić information content (AvgIpc) is 2.45. The van der Waals surface area contributed by atoms with Crippen molar-refractivity contribution in [1.82, 2.24) is 5.32 Å². The Morgan fingerprint density at radius 2 is 2.10 bits per heavy atom. The van der Waals surface area contributed by atoms with Crippen molar-refractivity contribution in [1.29, 1.82) is 0 Å². The molecule has 1 aromatic rings. The molecule has 1 aliphatic heterocycles. The zero-order chi connectivity index (χ0) is 15.3. The monoisotopic (exact) mass is 288 g/mol. The second-order valence-electron chi connectivity index (χ2n) is 7.00. The lowest BCUT2D eigenvalue weighted by Gasteiger charge is -2.40. The highest BCUT2D eigenvalue weighted by Crippen LogP contribution is 2.32. The number of benzene rings is 1. The minimum absolute atomic E-state index is 0.365. The second-order valence-corrected chi connectivity index (χ2v) is 7.00. The Labute approximate surface area is 130 Å². The summed E-state index contributed by atoms with van der Waals surface area (Å²) in [7, 11) is 0. The predicted molar refractivity (Wildman–Crippen MR) is 93.3 cm³/mol. The zero-order valence-corrected chi connectivity index (χ0v) is 14.3. The summed E-state index contributed by atoms with van der Waals surface area (Å²) in [5.74, 6) is 0. The van der Waals surface area contributed by atoms with Crippen LogP contribution in [0, 0.1) is 12.3 Å². The quantitative estimate of drug-likeness (QED) is 0.810. The Balaban J connectivity index is 2.15. The van der Waals surface area contributed by atoms with E-state index in [4.69, 9.17) is 0 Å². The molecule has 0 spiro atoms. The summed E-state index contributed by atoms with van der Waals surface area (Å²) in [6.45, 7) is 13.7. The van der Waals surface area contributed by atoms with E-state index in [1.165, 1.54) is 50.0 Å². The average molecular weight is 288 g/mol. The number of hydrogen-bond donors (Lipinski definition) is 1. The Bertz CT molecular complexity index is 455. The number of nitrogens with one attached hydrogen (secondary N) is 1. The van der Waals surface area contributed by atoms with Crippen LogP contribution in [0.25, 0.3) is 0 Å². The van der Waals surface area contributed by atoms with Crippen molar-refractivity contribution in [3.8, 4) is 0 Å². The van der Waals surface area contributed by atoms with Gasteiger partial charge in [-0.3, -0.25) is 0 Å². The minimum atomic E-state index is 0.365. The van der Waals surface area contributed by atoms with E-state index in [-0.39, 0.29) is 0 Å². The first kappa shape index (κ1) is 16.4. The Morgan fingerprint density at radius 3 is 2.81 bits per heavy atom. The van der Waals surface area contributed by atoms with Gasteiger partial charge in [-0.25, -0.2) is 0 Å². The number of nitrogens with zero attached hydrogens (tertiary/aromatic N) is 1. The molecule has 1 N–H and O–H groups in total. The molecule has 2 rings (SSSR count). The molecule has 0 aliphatic carbocycles. The predicted octanol–water partition coefficient (Wildman–Crippen LogP) is 4.16. The Morgan fingerprint density at radius 1 is 1.29 bits per heavy atom. The molecular weight excluding hydrogens is 256 g/mol. The molecule has 0 amide bonds. The summed E-state index contributed by atoms with van der Waals surface area (Å²) in [6.07, 6.45) is 5.08. The maximum absolute atomic E-state index is 3.57. The van der Waals surface area contributed by atoms with Crippen LogP contribution in [0.1, 0.15) is 51.2 Å². The first-order valence-corrected chi connectivity index (χ1v) is 8.63. The molecule has 0 radical (unpaired) electrons. The largest absolute Gasteiger partial charge is 0.371 e. The topological polar surface area (TPSA) is 15.3 Å². The number of aryl methyl sites for hydroxylation is 2. The van der Waals surface area contributed by atoms with E-state index in [1.807, 2.05) is 0 Å². The number of hydrogen-bond acceptors (Lipinski definition) is 2. The molecule has 1 aromatic carbocycles. The van der Waals surface area contributed by atoms with Gasteiger partial charge < -0.3 is 10.2 Å². The van der Waals surface area contributed by atoms with Crippen molar-refractivity contribution in [3.63, 3.8) is 0 Å². The van der Waals surface area contributed by atoms with Crippen molar-refractivity contribution in [2.75, 3.05) is 31.1 Å². The van der Waals surface area contributed by atoms with E-state index in [0.29, 0.717) is 5.41 Å². The molecule has 0 aromatic heterocycles. The Kier molecular flexibility index (Phi) is 5.69. The van der Waals surface area contributed by atoms with Crippen molar-refractivity contribution >= 4 is 5.69 Å². The molecule has 2 heteroatoms. The molecule has 1 atom stereocenters. The Hall–Kier alpha value is -1.02. The standard InChI is InChI=1S/C19H32N2/c1-5-11-19(4,14-20-6-2)15-21-12-7-8-17-13-16(3)9-10-18(17)21/h9-10,13,20H,5-8,11-12,14-15H2,1-4H3. The van der Waals surface area contributed by atoms with Gasteiger partial charge in [-0.2, -0.15) is 0 Å². The summed E-state index contributed by atoms with van der Waals surface area (Å²) in [4.78, 5) is 2.63. The van der Waals surface area contributed by atoms with Gasteiger partial charge in [-0.1, -0.05) is 44.9 Å². The lowest BCUT2D eigenvalue weighted by molar-refractivity contribution is 0.281. The SMILES string of the molecule is CCCC(C)(CNCC)CN1CCCc2cc(C)ccc21.